The number of pyridine rings is 1. The molecule has 1 unspecified atom stereocenters. The Kier molecular flexibility index (Phi) is 4.21. The van der Waals surface area contributed by atoms with Crippen LogP contribution in [-0.4, -0.2) is 45.4 Å². The first-order valence-corrected chi connectivity index (χ1v) is 8.56. The minimum atomic E-state index is 0.0734. The second-order valence-electron chi connectivity index (χ2n) is 6.45. The zero-order valence-corrected chi connectivity index (χ0v) is 13.6. The molecule has 1 saturated heterocycles. The van der Waals surface area contributed by atoms with E-state index in [4.69, 9.17) is 4.98 Å². The third-order valence-electron chi connectivity index (χ3n) is 4.83. The normalized spacial score (nSPS) is 20.5. The molecule has 2 aliphatic heterocycles. The van der Waals surface area contributed by atoms with E-state index in [9.17, 15) is 4.79 Å². The smallest absolute Gasteiger partial charge is 0.253 e. The molecule has 6 nitrogen and oxygen atoms in total. The highest BCUT2D eigenvalue weighted by Crippen LogP contribution is 2.26. The average Bonchev–Trinajstić information content (AvgIpc) is 2.68. The van der Waals surface area contributed by atoms with Crippen LogP contribution in [0, 0.1) is 0 Å². The van der Waals surface area contributed by atoms with Crippen LogP contribution in [0.3, 0.4) is 0 Å². The molecule has 4 heterocycles. The summed E-state index contributed by atoms with van der Waals surface area (Å²) >= 11 is 0. The monoisotopic (exact) mass is 323 g/mol. The van der Waals surface area contributed by atoms with Crippen LogP contribution in [0.25, 0.3) is 0 Å². The number of carbonyl (C=O) groups excluding carboxylic acids is 1. The largest absolute Gasteiger partial charge is 0.338 e. The minimum absolute atomic E-state index is 0.0734. The number of nitrogens with zero attached hydrogens (tertiary/aromatic N) is 4. The maximum Gasteiger partial charge on any atom is 0.253 e. The Bertz CT molecular complexity index is 733. The van der Waals surface area contributed by atoms with Gasteiger partial charge in [0, 0.05) is 73.9 Å². The molecule has 1 N–H and O–H groups in total. The number of carbonyl (C=O) groups is 1. The molecule has 0 bridgehead atoms. The van der Waals surface area contributed by atoms with E-state index >= 15 is 0 Å². The van der Waals surface area contributed by atoms with Crippen LogP contribution in [0.1, 0.15) is 46.2 Å². The highest BCUT2D eigenvalue weighted by molar-refractivity contribution is 5.94. The van der Waals surface area contributed by atoms with Gasteiger partial charge in [-0.3, -0.25) is 9.78 Å². The van der Waals surface area contributed by atoms with Gasteiger partial charge in [0.25, 0.3) is 5.91 Å². The number of nitrogens with one attached hydrogen (secondary N) is 1. The molecule has 124 valence electrons. The van der Waals surface area contributed by atoms with Gasteiger partial charge in [0.1, 0.15) is 5.82 Å². The summed E-state index contributed by atoms with van der Waals surface area (Å²) in [6, 6.07) is 3.54. The number of hydrogen-bond acceptors (Lipinski definition) is 5. The molecule has 0 spiro atoms. The van der Waals surface area contributed by atoms with Crippen LogP contribution in [0.15, 0.2) is 30.7 Å². The van der Waals surface area contributed by atoms with Crippen molar-refractivity contribution in [3.8, 4) is 0 Å². The summed E-state index contributed by atoms with van der Waals surface area (Å²) in [4.78, 5) is 28.0. The second kappa shape index (κ2) is 6.65. The predicted octanol–water partition coefficient (Wildman–Crippen LogP) is 1.54. The number of amides is 1. The van der Waals surface area contributed by atoms with Crippen molar-refractivity contribution in [1.29, 1.82) is 0 Å². The molecule has 0 aliphatic carbocycles. The van der Waals surface area contributed by atoms with Crippen LogP contribution < -0.4 is 5.32 Å². The Labute approximate surface area is 141 Å². The molecule has 1 fully saturated rings. The van der Waals surface area contributed by atoms with Crippen molar-refractivity contribution in [1.82, 2.24) is 25.2 Å². The summed E-state index contributed by atoms with van der Waals surface area (Å²) in [5.74, 6) is 1.19. The van der Waals surface area contributed by atoms with Gasteiger partial charge in [0.2, 0.25) is 0 Å². The highest BCUT2D eigenvalue weighted by Gasteiger charge is 2.27. The van der Waals surface area contributed by atoms with Crippen molar-refractivity contribution in [2.75, 3.05) is 19.6 Å². The van der Waals surface area contributed by atoms with Crippen LogP contribution >= 0.6 is 0 Å². The van der Waals surface area contributed by atoms with E-state index < -0.39 is 0 Å². The topological polar surface area (TPSA) is 71.0 Å². The van der Waals surface area contributed by atoms with Gasteiger partial charge < -0.3 is 10.2 Å². The van der Waals surface area contributed by atoms with E-state index in [0.29, 0.717) is 12.1 Å². The minimum Gasteiger partial charge on any atom is -0.338 e. The number of likely N-dealkylation sites (tertiary alicyclic amines) is 1. The first kappa shape index (κ1) is 15.2. The lowest BCUT2D eigenvalue weighted by Crippen LogP contribution is -2.39. The van der Waals surface area contributed by atoms with Gasteiger partial charge in [-0.15, -0.1) is 0 Å². The van der Waals surface area contributed by atoms with Crippen molar-refractivity contribution in [2.24, 2.45) is 0 Å². The first-order chi connectivity index (χ1) is 11.8. The van der Waals surface area contributed by atoms with Gasteiger partial charge in [-0.25, -0.2) is 9.97 Å². The maximum absolute atomic E-state index is 12.7. The van der Waals surface area contributed by atoms with Gasteiger partial charge in [-0.2, -0.15) is 0 Å². The van der Waals surface area contributed by atoms with Gasteiger partial charge in [-0.1, -0.05) is 0 Å². The predicted molar refractivity (Wildman–Crippen MR) is 89.6 cm³/mol. The lowest BCUT2D eigenvalue weighted by Gasteiger charge is -2.32. The Morgan fingerprint density at radius 2 is 2.17 bits per heavy atom. The molecule has 4 rings (SSSR count). The molecule has 0 aromatic carbocycles. The number of fused-ring (bicyclic) bond motifs is 1. The molecular weight excluding hydrogens is 302 g/mol. The number of hydrogen-bond donors (Lipinski definition) is 1. The Hall–Kier alpha value is -2.34. The highest BCUT2D eigenvalue weighted by atomic mass is 16.2. The molecular formula is C18H21N5O. The molecule has 2 aromatic heterocycles. The van der Waals surface area contributed by atoms with Gasteiger partial charge in [-0.05, 0) is 25.0 Å². The van der Waals surface area contributed by atoms with E-state index in [1.54, 1.807) is 24.5 Å². The molecule has 2 aliphatic rings. The molecule has 6 heteroatoms. The molecule has 2 aromatic rings. The number of rotatable bonds is 2. The SMILES string of the molecule is O=C(c1ccncc1)N1CCCC(c2ncc3c(n2)CCNC3)C1. The van der Waals surface area contributed by atoms with Crippen LogP contribution in [0.5, 0.6) is 0 Å². The van der Waals surface area contributed by atoms with Gasteiger partial charge in [0.15, 0.2) is 0 Å². The molecule has 0 saturated carbocycles. The Morgan fingerprint density at radius 1 is 1.29 bits per heavy atom. The standard InChI is InChI=1S/C18H21N5O/c24-18(13-3-6-19-7-4-13)23-9-1-2-14(12-23)17-21-11-15-10-20-8-5-16(15)22-17/h3-4,6-7,11,14,20H,1-2,5,8-10,12H2. The average molecular weight is 323 g/mol. The summed E-state index contributed by atoms with van der Waals surface area (Å²) in [6.07, 6.45) is 8.26. The summed E-state index contributed by atoms with van der Waals surface area (Å²) in [7, 11) is 0. The van der Waals surface area contributed by atoms with E-state index in [1.165, 1.54) is 5.56 Å². The maximum atomic E-state index is 12.7. The Morgan fingerprint density at radius 3 is 3.04 bits per heavy atom. The molecule has 1 atom stereocenters. The van der Waals surface area contributed by atoms with Crippen LogP contribution in [0.4, 0.5) is 0 Å². The fourth-order valence-corrected chi connectivity index (χ4v) is 3.50. The summed E-state index contributed by atoms with van der Waals surface area (Å²) < 4.78 is 0. The van der Waals surface area contributed by atoms with Crippen molar-refractivity contribution in [2.45, 2.75) is 31.7 Å². The van der Waals surface area contributed by atoms with E-state index in [-0.39, 0.29) is 11.8 Å². The number of piperidine rings is 1. The molecule has 1 amide bonds. The fraction of sp³-hybridized carbons (Fsp3) is 0.444. The van der Waals surface area contributed by atoms with E-state index in [0.717, 1.165) is 50.4 Å². The molecule has 24 heavy (non-hydrogen) atoms. The lowest BCUT2D eigenvalue weighted by atomic mass is 9.96. The van der Waals surface area contributed by atoms with Crippen molar-refractivity contribution in [3.63, 3.8) is 0 Å². The zero-order valence-electron chi connectivity index (χ0n) is 13.6. The van der Waals surface area contributed by atoms with Crippen molar-refractivity contribution < 1.29 is 4.79 Å². The Balaban J connectivity index is 1.52. The first-order valence-electron chi connectivity index (χ1n) is 8.56. The quantitative estimate of drug-likeness (QED) is 0.908. The summed E-state index contributed by atoms with van der Waals surface area (Å²) in [6.45, 7) is 3.32. The third-order valence-corrected chi connectivity index (χ3v) is 4.83. The van der Waals surface area contributed by atoms with Crippen molar-refractivity contribution >= 4 is 5.91 Å². The second-order valence-corrected chi connectivity index (χ2v) is 6.45. The summed E-state index contributed by atoms with van der Waals surface area (Å²) in [5, 5.41) is 3.34. The van der Waals surface area contributed by atoms with E-state index in [1.807, 2.05) is 11.1 Å². The summed E-state index contributed by atoms with van der Waals surface area (Å²) in [5.41, 5.74) is 3.06. The zero-order chi connectivity index (χ0) is 16.4. The number of aromatic nitrogens is 3. The van der Waals surface area contributed by atoms with Crippen LogP contribution in [-0.2, 0) is 13.0 Å². The van der Waals surface area contributed by atoms with Crippen molar-refractivity contribution in [3.05, 3.63) is 53.4 Å². The third kappa shape index (κ3) is 3.01. The van der Waals surface area contributed by atoms with Crippen LogP contribution in [0.2, 0.25) is 0 Å². The fourth-order valence-electron chi connectivity index (χ4n) is 3.50. The molecule has 0 radical (unpaired) electrons. The lowest BCUT2D eigenvalue weighted by molar-refractivity contribution is 0.0704. The van der Waals surface area contributed by atoms with Gasteiger partial charge in [0.05, 0.1) is 0 Å². The van der Waals surface area contributed by atoms with Gasteiger partial charge >= 0.3 is 0 Å². The van der Waals surface area contributed by atoms with E-state index in [2.05, 4.69) is 15.3 Å².